The molecule has 1 aliphatic rings. The summed E-state index contributed by atoms with van der Waals surface area (Å²) in [6, 6.07) is 0. The predicted octanol–water partition coefficient (Wildman–Crippen LogP) is -0.633. The highest BCUT2D eigenvalue weighted by atomic mass is 16.6. The molecule has 0 aromatic heterocycles. The lowest BCUT2D eigenvalue weighted by Gasteiger charge is -2.34. The molecule has 0 aliphatic carbocycles. The van der Waals surface area contributed by atoms with Crippen molar-refractivity contribution in [2.75, 3.05) is 13.7 Å². The molecule has 5 heteroatoms. The van der Waals surface area contributed by atoms with Crippen LogP contribution in [-0.4, -0.2) is 47.3 Å². The van der Waals surface area contributed by atoms with Crippen molar-refractivity contribution >= 4 is 0 Å². The average Bonchev–Trinajstić information content (AvgIpc) is 2.21. The number of rotatable bonds is 3. The van der Waals surface area contributed by atoms with Gasteiger partial charge < -0.3 is 24.8 Å². The molecule has 3 atom stereocenters. The third-order valence-corrected chi connectivity index (χ3v) is 2.31. The van der Waals surface area contributed by atoms with Crippen LogP contribution >= 0.6 is 0 Å². The Bertz CT molecular complexity index is 225. The first-order valence-electron chi connectivity index (χ1n) is 4.56. The number of hydrogen-bond acceptors (Lipinski definition) is 5. The van der Waals surface area contributed by atoms with E-state index in [-0.39, 0.29) is 18.1 Å². The summed E-state index contributed by atoms with van der Waals surface area (Å²) in [6.45, 7) is 1.48. The van der Waals surface area contributed by atoms with E-state index in [2.05, 4.69) is 0 Å². The van der Waals surface area contributed by atoms with E-state index in [0.717, 1.165) is 0 Å². The molecule has 0 saturated heterocycles. The van der Waals surface area contributed by atoms with Crippen molar-refractivity contribution in [3.63, 3.8) is 0 Å². The highest BCUT2D eigenvalue weighted by Crippen LogP contribution is 2.26. The summed E-state index contributed by atoms with van der Waals surface area (Å²) in [4.78, 5) is 0. The van der Waals surface area contributed by atoms with Crippen molar-refractivity contribution in [1.82, 2.24) is 0 Å². The van der Waals surface area contributed by atoms with Gasteiger partial charge in [0.1, 0.15) is 24.9 Å². The summed E-state index contributed by atoms with van der Waals surface area (Å²) in [5.74, 6) is 0.293. The molecule has 82 valence electrons. The minimum atomic E-state index is -1.12. The second kappa shape index (κ2) is 4.63. The van der Waals surface area contributed by atoms with E-state index in [1.807, 2.05) is 6.92 Å². The molecule has 0 fully saturated rings. The van der Waals surface area contributed by atoms with Gasteiger partial charge in [-0.1, -0.05) is 6.92 Å². The van der Waals surface area contributed by atoms with Gasteiger partial charge in [-0.3, -0.25) is 0 Å². The molecule has 3 unspecified atom stereocenters. The van der Waals surface area contributed by atoms with Crippen molar-refractivity contribution in [1.29, 1.82) is 0 Å². The Balaban J connectivity index is 2.92. The molecule has 0 aromatic rings. The van der Waals surface area contributed by atoms with E-state index in [0.29, 0.717) is 6.42 Å². The van der Waals surface area contributed by atoms with E-state index in [9.17, 15) is 10.2 Å². The molecule has 3 N–H and O–H groups in total. The first-order valence-corrected chi connectivity index (χ1v) is 4.56. The molecule has 5 nitrogen and oxygen atoms in total. The third kappa shape index (κ3) is 1.84. The number of aliphatic hydroxyl groups excluding tert-OH is 3. The lowest BCUT2D eigenvalue weighted by molar-refractivity contribution is -0.106. The van der Waals surface area contributed by atoms with Crippen LogP contribution in [0.4, 0.5) is 0 Å². The Labute approximate surface area is 82.6 Å². The topological polar surface area (TPSA) is 79.2 Å². The van der Waals surface area contributed by atoms with E-state index >= 15 is 0 Å². The van der Waals surface area contributed by atoms with Crippen molar-refractivity contribution in [3.8, 4) is 0 Å². The van der Waals surface area contributed by atoms with Gasteiger partial charge in [0.15, 0.2) is 11.5 Å². The molecule has 1 aliphatic heterocycles. The number of hydrogen-bond donors (Lipinski definition) is 3. The van der Waals surface area contributed by atoms with Crippen LogP contribution in [0.2, 0.25) is 0 Å². The normalized spacial score (nSPS) is 32.8. The Morgan fingerprint density at radius 3 is 2.50 bits per heavy atom. The average molecular weight is 204 g/mol. The first-order chi connectivity index (χ1) is 6.65. The smallest absolute Gasteiger partial charge is 0.167 e. The lowest BCUT2D eigenvalue weighted by Crippen LogP contribution is -2.45. The maximum Gasteiger partial charge on any atom is 0.167 e. The molecule has 0 saturated carbocycles. The molecule has 0 bridgehead atoms. The maximum absolute atomic E-state index is 9.62. The van der Waals surface area contributed by atoms with E-state index in [1.165, 1.54) is 7.11 Å². The van der Waals surface area contributed by atoms with E-state index in [4.69, 9.17) is 14.6 Å². The van der Waals surface area contributed by atoms with Crippen LogP contribution < -0.4 is 0 Å². The van der Waals surface area contributed by atoms with Crippen LogP contribution in [0, 0.1) is 0 Å². The van der Waals surface area contributed by atoms with Gasteiger partial charge in [-0.15, -0.1) is 0 Å². The molecular formula is C9H16O5. The Kier molecular flexibility index (Phi) is 3.74. The zero-order chi connectivity index (χ0) is 10.7. The van der Waals surface area contributed by atoms with Crippen molar-refractivity contribution < 1.29 is 24.8 Å². The molecule has 0 aromatic carbocycles. The number of aliphatic hydroxyl groups is 3. The molecule has 0 radical (unpaired) electrons. The fourth-order valence-corrected chi connectivity index (χ4v) is 1.51. The minimum Gasteiger partial charge on any atom is -0.495 e. The fraction of sp³-hybridized carbons (Fsp3) is 0.778. The molecular weight excluding hydrogens is 188 g/mol. The minimum absolute atomic E-state index is 0.102. The van der Waals surface area contributed by atoms with Crippen molar-refractivity contribution in [3.05, 3.63) is 11.5 Å². The van der Waals surface area contributed by atoms with Crippen molar-refractivity contribution in [2.24, 2.45) is 0 Å². The van der Waals surface area contributed by atoms with Gasteiger partial charge >= 0.3 is 0 Å². The van der Waals surface area contributed by atoms with Crippen LogP contribution in [0.25, 0.3) is 0 Å². The Hall–Kier alpha value is -0.780. The monoisotopic (exact) mass is 204 g/mol. The van der Waals surface area contributed by atoms with Crippen LogP contribution in [0.1, 0.15) is 13.3 Å². The number of methoxy groups -OCH3 is 1. The summed E-state index contributed by atoms with van der Waals surface area (Å²) >= 11 is 0. The SMILES string of the molecule is CCC1OC(CO)=C(OC)C(O)C1O. The first kappa shape index (κ1) is 11.3. The Morgan fingerprint density at radius 2 is 2.07 bits per heavy atom. The zero-order valence-corrected chi connectivity index (χ0v) is 8.30. The van der Waals surface area contributed by atoms with E-state index < -0.39 is 18.3 Å². The van der Waals surface area contributed by atoms with Gasteiger partial charge in [0.2, 0.25) is 0 Å². The summed E-state index contributed by atoms with van der Waals surface area (Å²) in [6.07, 6.45) is -2.07. The van der Waals surface area contributed by atoms with Gasteiger partial charge in [-0.2, -0.15) is 0 Å². The predicted molar refractivity (Wildman–Crippen MR) is 48.3 cm³/mol. The van der Waals surface area contributed by atoms with Crippen LogP contribution in [0.5, 0.6) is 0 Å². The van der Waals surface area contributed by atoms with Gasteiger partial charge in [0.05, 0.1) is 7.11 Å². The van der Waals surface area contributed by atoms with Crippen LogP contribution in [0.3, 0.4) is 0 Å². The standard InChI is InChI=1S/C9H16O5/c1-3-5-7(11)8(12)9(13-2)6(4-10)14-5/h5,7-8,10-12H,3-4H2,1-2H3. The molecule has 14 heavy (non-hydrogen) atoms. The molecule has 0 amide bonds. The zero-order valence-electron chi connectivity index (χ0n) is 8.30. The van der Waals surface area contributed by atoms with Gasteiger partial charge in [0.25, 0.3) is 0 Å². The molecule has 1 rings (SSSR count). The second-order valence-corrected chi connectivity index (χ2v) is 3.15. The van der Waals surface area contributed by atoms with Crippen LogP contribution in [-0.2, 0) is 9.47 Å². The summed E-state index contributed by atoms with van der Waals surface area (Å²) in [5, 5.41) is 28.2. The fourth-order valence-electron chi connectivity index (χ4n) is 1.51. The third-order valence-electron chi connectivity index (χ3n) is 2.31. The molecule has 1 heterocycles. The summed E-state index contributed by atoms with van der Waals surface area (Å²) in [7, 11) is 1.36. The largest absolute Gasteiger partial charge is 0.495 e. The lowest BCUT2D eigenvalue weighted by atomic mass is 10.0. The maximum atomic E-state index is 9.62. The second-order valence-electron chi connectivity index (χ2n) is 3.15. The highest BCUT2D eigenvalue weighted by molar-refractivity contribution is 5.14. The van der Waals surface area contributed by atoms with Gasteiger partial charge in [-0.05, 0) is 6.42 Å². The highest BCUT2D eigenvalue weighted by Gasteiger charge is 2.37. The quantitative estimate of drug-likeness (QED) is 0.570. The van der Waals surface area contributed by atoms with Gasteiger partial charge in [-0.25, -0.2) is 0 Å². The van der Waals surface area contributed by atoms with Gasteiger partial charge in [0, 0.05) is 0 Å². The number of ether oxygens (including phenoxy) is 2. The summed E-state index contributed by atoms with van der Waals surface area (Å²) < 4.78 is 10.1. The van der Waals surface area contributed by atoms with Crippen molar-refractivity contribution in [2.45, 2.75) is 31.7 Å². The van der Waals surface area contributed by atoms with Crippen LogP contribution in [0.15, 0.2) is 11.5 Å². The molecule has 0 spiro atoms. The van der Waals surface area contributed by atoms with E-state index in [1.54, 1.807) is 0 Å². The summed E-state index contributed by atoms with van der Waals surface area (Å²) in [5.41, 5.74) is 0. The Morgan fingerprint density at radius 1 is 1.43 bits per heavy atom.